The Morgan fingerprint density at radius 3 is 2.19 bits per heavy atom. The fraction of sp³-hybridized carbons (Fsp3) is 0.591. The van der Waals surface area contributed by atoms with Crippen LogP contribution in [0.1, 0.15) is 45.6 Å². The first-order valence-corrected chi connectivity index (χ1v) is 12.5. The fourth-order valence-electron chi connectivity index (χ4n) is 3.14. The summed E-state index contributed by atoms with van der Waals surface area (Å²) in [6, 6.07) is 7.46. The van der Waals surface area contributed by atoms with Crippen molar-refractivity contribution in [3.05, 3.63) is 35.9 Å². The van der Waals surface area contributed by atoms with E-state index >= 15 is 0 Å². The fourth-order valence-corrected chi connectivity index (χ4v) is 4.48. The number of carbonyl (C=O) groups excluding carboxylic acids is 3. The van der Waals surface area contributed by atoms with Crippen molar-refractivity contribution >= 4 is 27.7 Å². The van der Waals surface area contributed by atoms with E-state index in [0.29, 0.717) is 25.8 Å². The van der Waals surface area contributed by atoms with Gasteiger partial charge < -0.3 is 16.0 Å². The molecule has 2 atom stereocenters. The molecule has 1 aromatic rings. The lowest BCUT2D eigenvalue weighted by Gasteiger charge is -2.24. The second kappa shape index (κ2) is 13.8. The van der Waals surface area contributed by atoms with E-state index in [-0.39, 0.29) is 29.9 Å². The number of nitrogens with one attached hydrogen (secondary N) is 4. The molecular formula is C22H36N4O5S. The predicted molar refractivity (Wildman–Crippen MR) is 124 cm³/mol. The van der Waals surface area contributed by atoms with Crippen molar-refractivity contribution in [1.29, 1.82) is 0 Å². The maximum absolute atomic E-state index is 13.0. The topological polar surface area (TPSA) is 133 Å². The molecule has 0 saturated carbocycles. The molecule has 180 valence electrons. The number of sulfonamides is 1. The van der Waals surface area contributed by atoms with E-state index in [1.165, 1.54) is 14.0 Å². The molecule has 0 saturated heterocycles. The zero-order valence-electron chi connectivity index (χ0n) is 19.3. The SMILES string of the molecule is CNC(=O)[C@H](Cc1ccccc1)NC(=O)[C@H](CC(C)C)NS(=O)(=O)CCCCNC(C)=O. The molecule has 0 fully saturated rings. The van der Waals surface area contributed by atoms with Crippen LogP contribution >= 0.6 is 0 Å². The van der Waals surface area contributed by atoms with Gasteiger partial charge in [-0.15, -0.1) is 0 Å². The van der Waals surface area contributed by atoms with Gasteiger partial charge in [-0.05, 0) is 30.7 Å². The summed E-state index contributed by atoms with van der Waals surface area (Å²) in [7, 11) is -2.23. The molecule has 0 bridgehead atoms. The Kier molecular flexibility index (Phi) is 11.9. The Balaban J connectivity index is 2.81. The number of hydrogen-bond donors (Lipinski definition) is 4. The van der Waals surface area contributed by atoms with Gasteiger partial charge in [0.25, 0.3) is 0 Å². The number of rotatable bonds is 14. The highest BCUT2D eigenvalue weighted by Gasteiger charge is 2.29. The summed E-state index contributed by atoms with van der Waals surface area (Å²) in [4.78, 5) is 36.2. The molecule has 0 aliphatic heterocycles. The largest absolute Gasteiger partial charge is 0.357 e. The molecule has 4 N–H and O–H groups in total. The molecular weight excluding hydrogens is 432 g/mol. The van der Waals surface area contributed by atoms with Crippen molar-refractivity contribution in [2.24, 2.45) is 5.92 Å². The monoisotopic (exact) mass is 468 g/mol. The van der Waals surface area contributed by atoms with E-state index in [4.69, 9.17) is 0 Å². The summed E-state index contributed by atoms with van der Waals surface area (Å²) in [5.74, 6) is -1.16. The Morgan fingerprint density at radius 2 is 1.62 bits per heavy atom. The second-order valence-electron chi connectivity index (χ2n) is 8.17. The van der Waals surface area contributed by atoms with Gasteiger partial charge in [-0.3, -0.25) is 14.4 Å². The molecule has 3 amide bonds. The maximum atomic E-state index is 13.0. The Bertz CT molecular complexity index is 843. The third-order valence-electron chi connectivity index (χ3n) is 4.72. The van der Waals surface area contributed by atoms with Gasteiger partial charge in [0.15, 0.2) is 0 Å². The van der Waals surface area contributed by atoms with Crippen molar-refractivity contribution in [3.8, 4) is 0 Å². The average molecular weight is 469 g/mol. The Hall–Kier alpha value is -2.46. The molecule has 0 heterocycles. The summed E-state index contributed by atoms with van der Waals surface area (Å²) in [6.45, 7) is 5.58. The summed E-state index contributed by atoms with van der Waals surface area (Å²) in [5.41, 5.74) is 0.876. The highest BCUT2D eigenvalue weighted by atomic mass is 32.2. The molecule has 1 rings (SSSR count). The van der Waals surface area contributed by atoms with Crippen molar-refractivity contribution in [3.63, 3.8) is 0 Å². The maximum Gasteiger partial charge on any atom is 0.242 e. The molecule has 0 aliphatic carbocycles. The lowest BCUT2D eigenvalue weighted by Crippen LogP contribution is -2.54. The molecule has 0 aliphatic rings. The molecule has 0 spiro atoms. The minimum absolute atomic E-state index is 0.0563. The quantitative estimate of drug-likeness (QED) is 0.299. The van der Waals surface area contributed by atoms with E-state index in [9.17, 15) is 22.8 Å². The summed E-state index contributed by atoms with van der Waals surface area (Å²) in [5, 5.41) is 7.87. The van der Waals surface area contributed by atoms with Crippen LogP contribution in [0.25, 0.3) is 0 Å². The van der Waals surface area contributed by atoms with Crippen molar-refractivity contribution in [2.75, 3.05) is 19.3 Å². The summed E-state index contributed by atoms with van der Waals surface area (Å²) in [6.07, 6.45) is 1.44. The van der Waals surface area contributed by atoms with Crippen molar-refractivity contribution in [2.45, 2.75) is 58.5 Å². The smallest absolute Gasteiger partial charge is 0.242 e. The third-order valence-corrected chi connectivity index (χ3v) is 6.19. The normalized spacial score (nSPS) is 13.3. The Morgan fingerprint density at radius 1 is 0.969 bits per heavy atom. The van der Waals surface area contributed by atoms with Crippen LogP contribution < -0.4 is 20.7 Å². The minimum atomic E-state index is -3.72. The zero-order valence-corrected chi connectivity index (χ0v) is 20.1. The first-order chi connectivity index (χ1) is 15.0. The van der Waals surface area contributed by atoms with Gasteiger partial charge >= 0.3 is 0 Å². The molecule has 0 radical (unpaired) electrons. The molecule has 1 aromatic carbocycles. The van der Waals surface area contributed by atoms with Crippen molar-refractivity contribution < 1.29 is 22.8 Å². The standard InChI is InChI=1S/C22H36N4O5S/c1-16(2)14-20(26-32(30,31)13-9-8-12-24-17(3)27)22(29)25-19(21(28)23-4)15-18-10-6-5-7-11-18/h5-7,10-11,16,19-20,26H,8-9,12-15H2,1-4H3,(H,23,28)(H,24,27)(H,25,29)/t19-,20-/m0/s1. The van der Waals surface area contributed by atoms with E-state index in [0.717, 1.165) is 5.56 Å². The number of likely N-dealkylation sites (N-methyl/N-ethyl adjacent to an activating group) is 1. The number of benzene rings is 1. The molecule has 0 unspecified atom stereocenters. The minimum Gasteiger partial charge on any atom is -0.357 e. The highest BCUT2D eigenvalue weighted by Crippen LogP contribution is 2.09. The van der Waals surface area contributed by atoms with Crippen molar-refractivity contribution in [1.82, 2.24) is 20.7 Å². The van der Waals surface area contributed by atoms with Gasteiger partial charge in [0, 0.05) is 26.9 Å². The number of unbranched alkanes of at least 4 members (excludes halogenated alkanes) is 1. The summed E-state index contributed by atoms with van der Waals surface area (Å²) >= 11 is 0. The van der Waals surface area contributed by atoms with Gasteiger partial charge in [0.2, 0.25) is 27.7 Å². The van der Waals surface area contributed by atoms with Gasteiger partial charge in [-0.2, -0.15) is 0 Å². The number of hydrogen-bond acceptors (Lipinski definition) is 5. The first kappa shape index (κ1) is 27.6. The Labute approximate surface area is 191 Å². The van der Waals surface area contributed by atoms with Crippen LogP contribution in [0.4, 0.5) is 0 Å². The van der Waals surface area contributed by atoms with E-state index in [2.05, 4.69) is 20.7 Å². The lowest BCUT2D eigenvalue weighted by molar-refractivity contribution is -0.129. The first-order valence-electron chi connectivity index (χ1n) is 10.8. The lowest BCUT2D eigenvalue weighted by atomic mass is 10.0. The van der Waals surface area contributed by atoms with Gasteiger partial charge in [-0.25, -0.2) is 13.1 Å². The molecule has 10 heteroatoms. The molecule has 32 heavy (non-hydrogen) atoms. The number of carbonyl (C=O) groups is 3. The van der Waals surface area contributed by atoms with E-state index in [1.807, 2.05) is 44.2 Å². The number of amides is 3. The molecule has 0 aromatic heterocycles. The van der Waals surface area contributed by atoms with E-state index < -0.39 is 28.0 Å². The predicted octanol–water partition coefficient (Wildman–Crippen LogP) is 0.710. The van der Waals surface area contributed by atoms with E-state index in [1.54, 1.807) is 0 Å². The molecule has 9 nitrogen and oxygen atoms in total. The van der Waals surface area contributed by atoms with Crippen LogP contribution in [0.3, 0.4) is 0 Å². The van der Waals surface area contributed by atoms with Crippen LogP contribution in [0.5, 0.6) is 0 Å². The van der Waals surface area contributed by atoms with Crippen LogP contribution in [-0.2, 0) is 30.8 Å². The third kappa shape index (κ3) is 11.2. The van der Waals surface area contributed by atoms with Crippen LogP contribution in [0.2, 0.25) is 0 Å². The van der Waals surface area contributed by atoms with Crippen LogP contribution in [-0.4, -0.2) is 57.6 Å². The van der Waals surface area contributed by atoms with Crippen LogP contribution in [0, 0.1) is 5.92 Å². The zero-order chi connectivity index (χ0) is 24.1. The average Bonchev–Trinajstić information content (AvgIpc) is 2.71. The highest BCUT2D eigenvalue weighted by molar-refractivity contribution is 7.89. The van der Waals surface area contributed by atoms with Crippen LogP contribution in [0.15, 0.2) is 30.3 Å². The van der Waals surface area contributed by atoms with Gasteiger partial charge in [-0.1, -0.05) is 44.2 Å². The summed E-state index contributed by atoms with van der Waals surface area (Å²) < 4.78 is 27.6. The van der Waals surface area contributed by atoms with Gasteiger partial charge in [0.05, 0.1) is 5.75 Å². The second-order valence-corrected chi connectivity index (χ2v) is 10.0. The van der Waals surface area contributed by atoms with Gasteiger partial charge in [0.1, 0.15) is 12.1 Å².